The van der Waals surface area contributed by atoms with Crippen molar-refractivity contribution in [2.24, 2.45) is 0 Å². The Bertz CT molecular complexity index is 356. The first-order valence-corrected chi connectivity index (χ1v) is 5.30. The van der Waals surface area contributed by atoms with Crippen molar-refractivity contribution in [3.05, 3.63) is 55.1 Å². The van der Waals surface area contributed by atoms with Gasteiger partial charge in [0, 0.05) is 6.54 Å². The topological polar surface area (TPSA) is 29.1 Å². The fraction of sp³-hybridized carbons (Fsp3) is 0.214. The molecule has 0 saturated carbocycles. The lowest BCUT2D eigenvalue weighted by Gasteiger charge is -2.12. The molecule has 1 N–H and O–H groups in total. The Hall–Kier alpha value is -1.67. The van der Waals surface area contributed by atoms with Gasteiger partial charge in [-0.1, -0.05) is 43.0 Å². The molecular weight excluding hydrogens is 198 g/mol. The Morgan fingerprint density at radius 3 is 2.62 bits per heavy atom. The highest BCUT2D eigenvalue weighted by Gasteiger charge is 2.05. The molecule has 1 unspecified atom stereocenters. The Balaban J connectivity index is 2.46. The summed E-state index contributed by atoms with van der Waals surface area (Å²) in [5.74, 6) is 0. The Morgan fingerprint density at radius 1 is 1.38 bits per heavy atom. The zero-order chi connectivity index (χ0) is 11.8. The predicted octanol–water partition coefficient (Wildman–Crippen LogP) is 2.43. The molecule has 2 nitrogen and oxygen atoms in total. The van der Waals surface area contributed by atoms with Gasteiger partial charge >= 0.3 is 0 Å². The van der Waals surface area contributed by atoms with Crippen molar-refractivity contribution in [2.45, 2.75) is 12.5 Å². The molecule has 0 saturated heterocycles. The molecule has 16 heavy (non-hydrogen) atoms. The minimum atomic E-state index is -0.169. The van der Waals surface area contributed by atoms with Gasteiger partial charge in [-0.05, 0) is 17.6 Å². The zero-order valence-corrected chi connectivity index (χ0v) is 9.36. The highest BCUT2D eigenvalue weighted by atomic mass is 16.1. The highest BCUT2D eigenvalue weighted by molar-refractivity contribution is 5.65. The fourth-order valence-corrected chi connectivity index (χ4v) is 1.40. The smallest absolute Gasteiger partial charge is 0.137 e. The summed E-state index contributed by atoms with van der Waals surface area (Å²) in [5, 5.41) is 3.13. The van der Waals surface area contributed by atoms with E-state index in [1.165, 1.54) is 0 Å². The molecule has 2 heteroatoms. The maximum atomic E-state index is 10.7. The van der Waals surface area contributed by atoms with Crippen LogP contribution in [0.2, 0.25) is 0 Å². The molecule has 0 aliphatic heterocycles. The van der Waals surface area contributed by atoms with Crippen molar-refractivity contribution >= 4 is 11.9 Å². The maximum absolute atomic E-state index is 10.7. The van der Waals surface area contributed by atoms with E-state index in [9.17, 15) is 4.79 Å². The quantitative estimate of drug-likeness (QED) is 0.559. The summed E-state index contributed by atoms with van der Waals surface area (Å²) in [7, 11) is 0. The molecule has 0 amide bonds. The lowest BCUT2D eigenvalue weighted by molar-refractivity contribution is -0.109. The summed E-state index contributed by atoms with van der Waals surface area (Å²) in [6.07, 6.45) is 3.28. The number of carbonyl (C=O) groups is 1. The SMILES string of the molecule is C=CCC(C=O)NCC(=C)c1ccccc1. The van der Waals surface area contributed by atoms with Crippen LogP contribution in [0.1, 0.15) is 12.0 Å². The molecule has 0 aromatic heterocycles. The van der Waals surface area contributed by atoms with Gasteiger partial charge in [0.2, 0.25) is 0 Å². The van der Waals surface area contributed by atoms with E-state index < -0.39 is 0 Å². The van der Waals surface area contributed by atoms with Crippen LogP contribution in [-0.4, -0.2) is 18.9 Å². The van der Waals surface area contributed by atoms with Crippen LogP contribution >= 0.6 is 0 Å². The molecule has 1 atom stereocenters. The van der Waals surface area contributed by atoms with E-state index in [0.29, 0.717) is 13.0 Å². The summed E-state index contributed by atoms with van der Waals surface area (Å²) in [6.45, 7) is 8.21. The Kier molecular flexibility index (Phi) is 5.23. The summed E-state index contributed by atoms with van der Waals surface area (Å²) in [4.78, 5) is 10.7. The molecule has 0 aliphatic rings. The summed E-state index contributed by atoms with van der Waals surface area (Å²) < 4.78 is 0. The summed E-state index contributed by atoms with van der Waals surface area (Å²) in [6, 6.07) is 9.76. The Labute approximate surface area is 96.7 Å². The minimum Gasteiger partial charge on any atom is -0.303 e. The molecule has 0 bridgehead atoms. The third-order valence-electron chi connectivity index (χ3n) is 2.34. The monoisotopic (exact) mass is 215 g/mol. The van der Waals surface area contributed by atoms with Crippen molar-refractivity contribution in [1.82, 2.24) is 5.32 Å². The Morgan fingerprint density at radius 2 is 2.06 bits per heavy atom. The molecule has 84 valence electrons. The molecule has 0 aliphatic carbocycles. The third kappa shape index (κ3) is 3.83. The van der Waals surface area contributed by atoms with Crippen LogP contribution in [0, 0.1) is 0 Å². The van der Waals surface area contributed by atoms with Gasteiger partial charge < -0.3 is 10.1 Å². The number of carbonyl (C=O) groups excluding carboxylic acids is 1. The summed E-state index contributed by atoms with van der Waals surface area (Å²) >= 11 is 0. The summed E-state index contributed by atoms with van der Waals surface area (Å²) in [5.41, 5.74) is 2.08. The minimum absolute atomic E-state index is 0.169. The second-order valence-corrected chi connectivity index (χ2v) is 3.62. The van der Waals surface area contributed by atoms with Gasteiger partial charge in [-0.25, -0.2) is 0 Å². The zero-order valence-electron chi connectivity index (χ0n) is 9.36. The molecule has 0 fully saturated rings. The molecule has 0 heterocycles. The van der Waals surface area contributed by atoms with Crippen LogP contribution < -0.4 is 5.32 Å². The van der Waals surface area contributed by atoms with E-state index in [-0.39, 0.29) is 6.04 Å². The first-order valence-electron chi connectivity index (χ1n) is 5.30. The third-order valence-corrected chi connectivity index (χ3v) is 2.34. The van der Waals surface area contributed by atoms with E-state index in [4.69, 9.17) is 0 Å². The van der Waals surface area contributed by atoms with Crippen LogP contribution in [0.5, 0.6) is 0 Å². The number of hydrogen-bond donors (Lipinski definition) is 1. The van der Waals surface area contributed by atoms with E-state index in [2.05, 4.69) is 18.5 Å². The van der Waals surface area contributed by atoms with Gasteiger partial charge in [0.15, 0.2) is 0 Å². The molecule has 1 aromatic rings. The van der Waals surface area contributed by atoms with Crippen LogP contribution in [0.15, 0.2) is 49.6 Å². The van der Waals surface area contributed by atoms with Crippen molar-refractivity contribution in [3.63, 3.8) is 0 Å². The predicted molar refractivity (Wildman–Crippen MR) is 68.1 cm³/mol. The lowest BCUT2D eigenvalue weighted by atomic mass is 10.1. The van der Waals surface area contributed by atoms with Crippen molar-refractivity contribution in [3.8, 4) is 0 Å². The highest BCUT2D eigenvalue weighted by Crippen LogP contribution is 2.10. The van der Waals surface area contributed by atoms with Gasteiger partial charge in [-0.3, -0.25) is 0 Å². The maximum Gasteiger partial charge on any atom is 0.137 e. The van der Waals surface area contributed by atoms with E-state index in [0.717, 1.165) is 17.4 Å². The second kappa shape index (κ2) is 6.75. The van der Waals surface area contributed by atoms with Crippen LogP contribution in [-0.2, 0) is 4.79 Å². The fourth-order valence-electron chi connectivity index (χ4n) is 1.40. The number of benzene rings is 1. The number of nitrogens with one attached hydrogen (secondary N) is 1. The number of aldehydes is 1. The average molecular weight is 215 g/mol. The molecule has 0 radical (unpaired) electrons. The molecular formula is C14H17NO. The van der Waals surface area contributed by atoms with Gasteiger partial charge in [0.1, 0.15) is 6.29 Å². The average Bonchev–Trinajstić information content (AvgIpc) is 2.35. The standard InChI is InChI=1S/C14H17NO/c1-3-7-14(11-16)15-10-12(2)13-8-5-4-6-9-13/h3-6,8-9,11,14-15H,1-2,7,10H2. The second-order valence-electron chi connectivity index (χ2n) is 3.62. The first-order chi connectivity index (χ1) is 7.77. The van der Waals surface area contributed by atoms with Crippen LogP contribution in [0.4, 0.5) is 0 Å². The molecule has 0 spiro atoms. The van der Waals surface area contributed by atoms with E-state index in [1.807, 2.05) is 30.3 Å². The first kappa shape index (κ1) is 12.4. The van der Waals surface area contributed by atoms with E-state index in [1.54, 1.807) is 6.08 Å². The molecule has 1 aromatic carbocycles. The van der Waals surface area contributed by atoms with Crippen molar-refractivity contribution in [2.75, 3.05) is 6.54 Å². The van der Waals surface area contributed by atoms with E-state index >= 15 is 0 Å². The van der Waals surface area contributed by atoms with Crippen LogP contribution in [0.25, 0.3) is 5.57 Å². The van der Waals surface area contributed by atoms with Crippen molar-refractivity contribution < 1.29 is 4.79 Å². The molecule has 1 rings (SSSR count). The van der Waals surface area contributed by atoms with Gasteiger partial charge in [0.05, 0.1) is 6.04 Å². The lowest BCUT2D eigenvalue weighted by Crippen LogP contribution is -2.31. The van der Waals surface area contributed by atoms with Gasteiger partial charge in [0.25, 0.3) is 0 Å². The number of rotatable bonds is 7. The normalized spacial score (nSPS) is 11.8. The van der Waals surface area contributed by atoms with Crippen molar-refractivity contribution in [1.29, 1.82) is 0 Å². The van der Waals surface area contributed by atoms with Gasteiger partial charge in [-0.2, -0.15) is 0 Å². The van der Waals surface area contributed by atoms with Crippen LogP contribution in [0.3, 0.4) is 0 Å². The van der Waals surface area contributed by atoms with Gasteiger partial charge in [-0.15, -0.1) is 6.58 Å². The largest absolute Gasteiger partial charge is 0.303 e. The number of hydrogen-bond acceptors (Lipinski definition) is 2.